The number of sulfonamides is 1. The molecule has 5 rings (SSSR count). The largest absolute Gasteiger partial charge is 0.327 e. The fourth-order valence-corrected chi connectivity index (χ4v) is 5.51. The van der Waals surface area contributed by atoms with E-state index in [4.69, 9.17) is 0 Å². The molecule has 1 amide bonds. The van der Waals surface area contributed by atoms with E-state index in [-0.39, 0.29) is 17.5 Å². The van der Waals surface area contributed by atoms with E-state index in [0.717, 1.165) is 23.2 Å². The Morgan fingerprint density at radius 2 is 1.59 bits per heavy atom. The third kappa shape index (κ3) is 3.00. The summed E-state index contributed by atoms with van der Waals surface area (Å²) in [5.74, 6) is -0.0807. The van der Waals surface area contributed by atoms with Gasteiger partial charge in [-0.3, -0.25) is 9.10 Å². The van der Waals surface area contributed by atoms with Gasteiger partial charge in [0.15, 0.2) is 5.03 Å². The van der Waals surface area contributed by atoms with Crippen molar-refractivity contribution in [3.05, 3.63) is 72.2 Å². The van der Waals surface area contributed by atoms with Crippen molar-refractivity contribution >= 4 is 27.3 Å². The van der Waals surface area contributed by atoms with E-state index >= 15 is 0 Å². The summed E-state index contributed by atoms with van der Waals surface area (Å²) in [7, 11) is -3.76. The molecule has 8 heteroatoms. The molecule has 0 saturated heterocycles. The van der Waals surface area contributed by atoms with Crippen molar-refractivity contribution in [2.24, 2.45) is 0 Å². The van der Waals surface area contributed by atoms with Crippen LogP contribution >= 0.6 is 0 Å². The fraction of sp³-hybridized carbons (Fsp3) is 0.238. The number of aromatic nitrogens is 2. The number of benzene rings is 2. The molecule has 29 heavy (non-hydrogen) atoms. The fourth-order valence-electron chi connectivity index (χ4n) is 4.07. The second kappa shape index (κ2) is 6.73. The molecule has 0 fully saturated rings. The Bertz CT molecular complexity index is 1200. The van der Waals surface area contributed by atoms with Gasteiger partial charge in [-0.25, -0.2) is 4.98 Å². The molecule has 0 spiro atoms. The van der Waals surface area contributed by atoms with E-state index in [0.29, 0.717) is 25.2 Å². The van der Waals surface area contributed by atoms with Gasteiger partial charge in [0.1, 0.15) is 6.54 Å². The van der Waals surface area contributed by atoms with E-state index < -0.39 is 10.0 Å². The summed E-state index contributed by atoms with van der Waals surface area (Å²) in [6.07, 6.45) is 4.37. The molecular weight excluding hydrogens is 388 g/mol. The van der Waals surface area contributed by atoms with Gasteiger partial charge in [0.05, 0.1) is 12.0 Å². The van der Waals surface area contributed by atoms with Gasteiger partial charge in [-0.1, -0.05) is 36.4 Å². The molecule has 0 saturated carbocycles. The molecule has 0 bridgehead atoms. The van der Waals surface area contributed by atoms with Crippen molar-refractivity contribution in [1.82, 2.24) is 9.55 Å². The maximum Gasteiger partial charge on any atom is 0.283 e. The SMILES string of the molecule is O=C(Cn1cnc(S(=O)(=O)N2CCc3ccccc32)c1)N1CCc2ccccc21. The Morgan fingerprint density at radius 1 is 0.931 bits per heavy atom. The molecule has 0 N–H and O–H groups in total. The number of hydrogen-bond donors (Lipinski definition) is 0. The highest BCUT2D eigenvalue weighted by molar-refractivity contribution is 7.92. The number of hydrogen-bond acceptors (Lipinski definition) is 4. The number of para-hydroxylation sites is 2. The minimum atomic E-state index is -3.76. The number of imidazole rings is 1. The number of rotatable bonds is 4. The van der Waals surface area contributed by atoms with E-state index in [9.17, 15) is 13.2 Å². The molecule has 1 aromatic heterocycles. The van der Waals surface area contributed by atoms with Gasteiger partial charge in [0.25, 0.3) is 10.0 Å². The van der Waals surface area contributed by atoms with E-state index in [1.807, 2.05) is 48.5 Å². The molecule has 7 nitrogen and oxygen atoms in total. The van der Waals surface area contributed by atoms with Crippen molar-refractivity contribution in [2.45, 2.75) is 24.4 Å². The molecular formula is C21H20N4O3S. The minimum absolute atomic E-state index is 0.0381. The molecule has 0 radical (unpaired) electrons. The first-order valence-electron chi connectivity index (χ1n) is 9.55. The van der Waals surface area contributed by atoms with Gasteiger partial charge in [-0.2, -0.15) is 8.42 Å². The molecule has 0 unspecified atom stereocenters. The lowest BCUT2D eigenvalue weighted by Gasteiger charge is -2.18. The molecule has 3 heterocycles. The maximum absolute atomic E-state index is 13.1. The quantitative estimate of drug-likeness (QED) is 0.663. The molecule has 3 aromatic rings. The third-order valence-corrected chi connectivity index (χ3v) is 7.21. The first-order chi connectivity index (χ1) is 14.0. The summed E-state index contributed by atoms with van der Waals surface area (Å²) in [5.41, 5.74) is 3.80. The number of fused-ring (bicyclic) bond motifs is 2. The van der Waals surface area contributed by atoms with E-state index in [2.05, 4.69) is 4.98 Å². The van der Waals surface area contributed by atoms with Crippen molar-refractivity contribution in [3.8, 4) is 0 Å². The molecule has 2 aliphatic heterocycles. The second-order valence-corrected chi connectivity index (χ2v) is 9.07. The van der Waals surface area contributed by atoms with E-state index in [1.54, 1.807) is 4.90 Å². The smallest absolute Gasteiger partial charge is 0.283 e. The van der Waals surface area contributed by atoms with Crippen LogP contribution in [-0.4, -0.2) is 37.0 Å². The first-order valence-corrected chi connectivity index (χ1v) is 11.0. The number of amides is 1. The summed E-state index contributed by atoms with van der Waals surface area (Å²) >= 11 is 0. The van der Waals surface area contributed by atoms with Crippen LogP contribution in [0.2, 0.25) is 0 Å². The zero-order valence-corrected chi connectivity index (χ0v) is 16.5. The van der Waals surface area contributed by atoms with Crippen LogP contribution in [0.1, 0.15) is 11.1 Å². The van der Waals surface area contributed by atoms with Crippen LogP contribution < -0.4 is 9.21 Å². The summed E-state index contributed by atoms with van der Waals surface area (Å²) in [5, 5.41) is -0.0381. The number of anilines is 2. The van der Waals surface area contributed by atoms with E-state index in [1.165, 1.54) is 21.4 Å². The lowest BCUT2D eigenvalue weighted by molar-refractivity contribution is -0.119. The first kappa shape index (κ1) is 17.9. The van der Waals surface area contributed by atoms with Gasteiger partial charge < -0.3 is 9.47 Å². The Kier molecular flexibility index (Phi) is 4.16. The average molecular weight is 408 g/mol. The van der Waals surface area contributed by atoms with Crippen LogP contribution in [0.4, 0.5) is 11.4 Å². The standard InChI is InChI=1S/C21H20N4O3S/c26-21(24-11-9-16-5-1-3-7-18(16)24)14-23-13-20(22-15-23)29(27,28)25-12-10-17-6-2-4-8-19(17)25/h1-8,13,15H,9-12,14H2. The molecule has 0 aliphatic carbocycles. The molecule has 2 aromatic carbocycles. The van der Waals surface area contributed by atoms with Crippen LogP contribution in [0.5, 0.6) is 0 Å². The topological polar surface area (TPSA) is 75.5 Å². The highest BCUT2D eigenvalue weighted by Crippen LogP contribution is 2.32. The zero-order valence-electron chi connectivity index (χ0n) is 15.7. The van der Waals surface area contributed by atoms with Gasteiger partial charge in [0, 0.05) is 25.0 Å². The predicted octanol–water partition coefficient (Wildman–Crippen LogP) is 2.22. The van der Waals surface area contributed by atoms with Crippen molar-refractivity contribution in [3.63, 3.8) is 0 Å². The van der Waals surface area contributed by atoms with Crippen molar-refractivity contribution in [1.29, 1.82) is 0 Å². The average Bonchev–Trinajstić information content (AvgIpc) is 3.45. The maximum atomic E-state index is 13.1. The summed E-state index contributed by atoms with van der Waals surface area (Å²) < 4.78 is 29.1. The summed E-state index contributed by atoms with van der Waals surface area (Å²) in [4.78, 5) is 18.6. The lowest BCUT2D eigenvalue weighted by atomic mass is 10.2. The van der Waals surface area contributed by atoms with Crippen LogP contribution in [0.15, 0.2) is 66.1 Å². The number of carbonyl (C=O) groups excluding carboxylic acids is 1. The summed E-state index contributed by atoms with van der Waals surface area (Å²) in [6, 6.07) is 15.3. The Hall–Kier alpha value is -3.13. The van der Waals surface area contributed by atoms with Gasteiger partial charge in [-0.05, 0) is 36.1 Å². The highest BCUT2D eigenvalue weighted by atomic mass is 32.2. The van der Waals surface area contributed by atoms with Crippen molar-refractivity contribution in [2.75, 3.05) is 22.3 Å². The van der Waals surface area contributed by atoms with Gasteiger partial charge in [0.2, 0.25) is 5.91 Å². The Balaban J connectivity index is 1.36. The molecule has 2 aliphatic rings. The summed E-state index contributed by atoms with van der Waals surface area (Å²) in [6.45, 7) is 1.09. The van der Waals surface area contributed by atoms with Gasteiger partial charge >= 0.3 is 0 Å². The number of nitrogens with zero attached hydrogens (tertiary/aromatic N) is 4. The number of carbonyl (C=O) groups is 1. The molecule has 148 valence electrons. The highest BCUT2D eigenvalue weighted by Gasteiger charge is 2.32. The van der Waals surface area contributed by atoms with Crippen LogP contribution in [0.25, 0.3) is 0 Å². The van der Waals surface area contributed by atoms with Crippen LogP contribution in [0.3, 0.4) is 0 Å². The van der Waals surface area contributed by atoms with Gasteiger partial charge in [-0.15, -0.1) is 0 Å². The normalized spacial score (nSPS) is 15.4. The zero-order chi connectivity index (χ0) is 20.0. The predicted molar refractivity (Wildman–Crippen MR) is 109 cm³/mol. The van der Waals surface area contributed by atoms with Crippen LogP contribution in [0, 0.1) is 0 Å². The minimum Gasteiger partial charge on any atom is -0.327 e. The van der Waals surface area contributed by atoms with Crippen LogP contribution in [-0.2, 0) is 34.2 Å². The second-order valence-electron chi connectivity index (χ2n) is 7.26. The molecule has 0 atom stereocenters. The Morgan fingerprint density at radius 3 is 2.38 bits per heavy atom. The lowest BCUT2D eigenvalue weighted by Crippen LogP contribution is -2.32. The Labute approximate surface area is 169 Å². The third-order valence-electron chi connectivity index (χ3n) is 5.51. The van der Waals surface area contributed by atoms with Crippen molar-refractivity contribution < 1.29 is 13.2 Å². The monoisotopic (exact) mass is 408 g/mol.